The van der Waals surface area contributed by atoms with Crippen LogP contribution in [0, 0.1) is 0 Å². The maximum absolute atomic E-state index is 12.6. The Morgan fingerprint density at radius 3 is 2.25 bits per heavy atom. The van der Waals surface area contributed by atoms with Crippen LogP contribution in [0.15, 0.2) is 24.3 Å². The molecule has 1 aromatic carbocycles. The molecule has 2 N–H and O–H groups in total. The van der Waals surface area contributed by atoms with E-state index in [9.17, 15) is 14.4 Å². The van der Waals surface area contributed by atoms with Gasteiger partial charge in [0.1, 0.15) is 5.54 Å². The number of hydrogen-bond acceptors (Lipinski definition) is 4. The van der Waals surface area contributed by atoms with Crippen LogP contribution in [0.25, 0.3) is 0 Å². The van der Waals surface area contributed by atoms with E-state index in [-0.39, 0.29) is 18.1 Å². The highest BCUT2D eigenvalue weighted by Gasteiger charge is 2.43. The summed E-state index contributed by atoms with van der Waals surface area (Å²) in [6.07, 6.45) is 0.0153. The minimum atomic E-state index is -1.11. The highest BCUT2D eigenvalue weighted by atomic mass is 16.5. The average molecular weight is 331 g/mol. The molecule has 24 heavy (non-hydrogen) atoms. The van der Waals surface area contributed by atoms with Crippen LogP contribution in [-0.4, -0.2) is 48.0 Å². The molecule has 7 nitrogen and oxygen atoms in total. The number of carbonyl (C=O) groups is 3. The molecule has 0 aliphatic carbocycles. The molecule has 2 aliphatic rings. The number of benzene rings is 1. The van der Waals surface area contributed by atoms with Gasteiger partial charge in [-0.2, -0.15) is 0 Å². The van der Waals surface area contributed by atoms with Crippen LogP contribution in [-0.2, 0) is 15.1 Å². The van der Waals surface area contributed by atoms with Crippen LogP contribution in [0.2, 0.25) is 0 Å². The molecule has 7 heteroatoms. The second-order valence-electron chi connectivity index (χ2n) is 6.58. The van der Waals surface area contributed by atoms with Gasteiger partial charge in [-0.05, 0) is 38.5 Å². The molecule has 4 amide bonds. The molecule has 3 atom stereocenters. The minimum Gasteiger partial charge on any atom is -0.372 e. The van der Waals surface area contributed by atoms with Crippen LogP contribution in [0.5, 0.6) is 0 Å². The van der Waals surface area contributed by atoms with E-state index >= 15 is 0 Å². The second kappa shape index (κ2) is 5.90. The Morgan fingerprint density at radius 2 is 1.75 bits per heavy atom. The van der Waals surface area contributed by atoms with Crippen molar-refractivity contribution in [1.82, 2.24) is 15.5 Å². The lowest BCUT2D eigenvalue weighted by molar-refractivity contribution is -0.123. The van der Waals surface area contributed by atoms with E-state index in [1.165, 1.54) is 0 Å². The number of imide groups is 1. The van der Waals surface area contributed by atoms with Gasteiger partial charge in [0.25, 0.3) is 11.8 Å². The second-order valence-corrected chi connectivity index (χ2v) is 6.58. The zero-order valence-electron chi connectivity index (χ0n) is 14.0. The van der Waals surface area contributed by atoms with Crippen molar-refractivity contribution < 1.29 is 19.1 Å². The lowest BCUT2D eigenvalue weighted by atomic mass is 9.91. The van der Waals surface area contributed by atoms with E-state index in [1.54, 1.807) is 36.1 Å². The van der Waals surface area contributed by atoms with Crippen molar-refractivity contribution in [2.45, 2.75) is 38.5 Å². The molecule has 1 aromatic rings. The minimum absolute atomic E-state index is 0.00767. The Balaban J connectivity index is 1.78. The first-order valence-corrected chi connectivity index (χ1v) is 7.98. The first-order valence-electron chi connectivity index (χ1n) is 7.98. The Labute approximate surface area is 140 Å². The van der Waals surface area contributed by atoms with Crippen LogP contribution < -0.4 is 10.6 Å². The molecule has 0 radical (unpaired) electrons. The molecule has 2 fully saturated rings. The molecular formula is C17H21N3O4. The van der Waals surface area contributed by atoms with Gasteiger partial charge in [0.05, 0.1) is 12.2 Å². The van der Waals surface area contributed by atoms with Crippen molar-refractivity contribution in [1.29, 1.82) is 0 Å². The first-order chi connectivity index (χ1) is 11.3. The zero-order chi connectivity index (χ0) is 17.5. The number of rotatable bonds is 2. The van der Waals surface area contributed by atoms with Gasteiger partial charge < -0.3 is 15.0 Å². The lowest BCUT2D eigenvalue weighted by Crippen LogP contribution is -2.48. The lowest BCUT2D eigenvalue weighted by Gasteiger charge is -2.35. The monoisotopic (exact) mass is 331 g/mol. The van der Waals surface area contributed by atoms with Crippen LogP contribution in [0.4, 0.5) is 4.79 Å². The third-order valence-corrected chi connectivity index (χ3v) is 4.46. The van der Waals surface area contributed by atoms with E-state index in [4.69, 9.17) is 4.74 Å². The van der Waals surface area contributed by atoms with Gasteiger partial charge in [-0.3, -0.25) is 14.9 Å². The highest BCUT2D eigenvalue weighted by Crippen LogP contribution is 2.25. The SMILES string of the molecule is C[C@@H]1CN(C(=O)c2ccc(C3(C)NC(=O)NC3=O)cc2)C[C@H](C)O1. The van der Waals surface area contributed by atoms with Crippen LogP contribution >= 0.6 is 0 Å². The smallest absolute Gasteiger partial charge is 0.322 e. The average Bonchev–Trinajstić information content (AvgIpc) is 2.79. The number of nitrogens with zero attached hydrogens (tertiary/aromatic N) is 1. The van der Waals surface area contributed by atoms with Crippen LogP contribution in [0.1, 0.15) is 36.7 Å². The van der Waals surface area contributed by atoms with Gasteiger partial charge in [-0.25, -0.2) is 4.79 Å². The maximum Gasteiger partial charge on any atom is 0.322 e. The number of amides is 4. The molecule has 1 unspecified atom stereocenters. The molecule has 3 rings (SSSR count). The number of morpholine rings is 1. The van der Waals surface area contributed by atoms with Crippen molar-refractivity contribution in [2.75, 3.05) is 13.1 Å². The number of urea groups is 1. The molecule has 0 aromatic heterocycles. The van der Waals surface area contributed by atoms with Crippen LogP contribution in [0.3, 0.4) is 0 Å². The third kappa shape index (κ3) is 2.87. The summed E-state index contributed by atoms with van der Waals surface area (Å²) in [5, 5.41) is 4.84. The molecule has 0 spiro atoms. The number of ether oxygens (including phenoxy) is 1. The predicted octanol–water partition coefficient (Wildman–Crippen LogP) is 0.991. The first kappa shape index (κ1) is 16.4. The van der Waals surface area contributed by atoms with Gasteiger partial charge in [0.15, 0.2) is 0 Å². The third-order valence-electron chi connectivity index (χ3n) is 4.46. The fourth-order valence-electron chi connectivity index (χ4n) is 3.22. The maximum atomic E-state index is 12.6. The van der Waals surface area contributed by atoms with E-state index in [1.807, 2.05) is 13.8 Å². The molecule has 2 aliphatic heterocycles. The van der Waals surface area contributed by atoms with E-state index in [0.29, 0.717) is 24.2 Å². The summed E-state index contributed by atoms with van der Waals surface area (Å²) in [5.74, 6) is -0.462. The predicted molar refractivity (Wildman–Crippen MR) is 86.4 cm³/mol. The van der Waals surface area contributed by atoms with Gasteiger partial charge in [0.2, 0.25) is 0 Å². The Kier molecular flexibility index (Phi) is 4.04. The summed E-state index contributed by atoms with van der Waals surface area (Å²) in [7, 11) is 0. The summed E-state index contributed by atoms with van der Waals surface area (Å²) in [6.45, 7) is 6.64. The van der Waals surface area contributed by atoms with E-state index in [0.717, 1.165) is 0 Å². The molecule has 0 saturated carbocycles. The molecule has 128 valence electrons. The molecule has 2 saturated heterocycles. The fraction of sp³-hybridized carbons (Fsp3) is 0.471. The molecule has 0 bridgehead atoms. The summed E-state index contributed by atoms with van der Waals surface area (Å²) >= 11 is 0. The molecular weight excluding hydrogens is 310 g/mol. The number of carbonyl (C=O) groups excluding carboxylic acids is 3. The van der Waals surface area contributed by atoms with Crippen molar-refractivity contribution in [3.8, 4) is 0 Å². The summed E-state index contributed by atoms with van der Waals surface area (Å²) in [4.78, 5) is 37.8. The summed E-state index contributed by atoms with van der Waals surface area (Å²) < 4.78 is 5.65. The largest absolute Gasteiger partial charge is 0.372 e. The Hall–Kier alpha value is -2.41. The van der Waals surface area contributed by atoms with Gasteiger partial charge >= 0.3 is 6.03 Å². The normalized spacial score (nSPS) is 30.0. The van der Waals surface area contributed by atoms with Crippen molar-refractivity contribution in [3.05, 3.63) is 35.4 Å². The van der Waals surface area contributed by atoms with Gasteiger partial charge in [0, 0.05) is 18.7 Å². The topological polar surface area (TPSA) is 87.7 Å². The van der Waals surface area contributed by atoms with Gasteiger partial charge in [-0.1, -0.05) is 12.1 Å². The fourth-order valence-corrected chi connectivity index (χ4v) is 3.22. The highest BCUT2D eigenvalue weighted by molar-refractivity contribution is 6.07. The Bertz CT molecular complexity index is 678. The number of nitrogens with one attached hydrogen (secondary N) is 2. The van der Waals surface area contributed by atoms with E-state index in [2.05, 4.69) is 10.6 Å². The Morgan fingerprint density at radius 1 is 1.17 bits per heavy atom. The summed E-state index contributed by atoms with van der Waals surface area (Å²) in [6, 6.07) is 6.26. The quantitative estimate of drug-likeness (QED) is 0.791. The van der Waals surface area contributed by atoms with E-state index < -0.39 is 17.5 Å². The van der Waals surface area contributed by atoms with Crippen molar-refractivity contribution in [3.63, 3.8) is 0 Å². The van der Waals surface area contributed by atoms with Crippen molar-refractivity contribution >= 4 is 17.8 Å². The standard InChI is InChI=1S/C17H21N3O4/c1-10-8-20(9-11(2)24-10)14(21)12-4-6-13(7-5-12)17(3)15(22)18-16(23)19-17/h4-7,10-11H,8-9H2,1-3H3,(H2,18,19,22,23)/t10-,11+,17?. The number of hydrogen-bond donors (Lipinski definition) is 2. The molecule has 2 heterocycles. The summed E-state index contributed by atoms with van der Waals surface area (Å²) in [5.41, 5.74) is 0.0696. The van der Waals surface area contributed by atoms with Gasteiger partial charge in [-0.15, -0.1) is 0 Å². The zero-order valence-corrected chi connectivity index (χ0v) is 14.0. The van der Waals surface area contributed by atoms with Crippen molar-refractivity contribution in [2.24, 2.45) is 0 Å².